The van der Waals surface area contributed by atoms with Gasteiger partial charge in [-0.2, -0.15) is 0 Å². The lowest BCUT2D eigenvalue weighted by Gasteiger charge is -2.19. The predicted molar refractivity (Wildman–Crippen MR) is 78.1 cm³/mol. The van der Waals surface area contributed by atoms with E-state index in [-0.39, 0.29) is 6.04 Å². The molecular formula is C15H20N4. The normalized spacial score (nSPS) is 12.2. The number of aromatic nitrogens is 2. The summed E-state index contributed by atoms with van der Waals surface area (Å²) in [6.07, 6.45) is 4.62. The summed E-state index contributed by atoms with van der Waals surface area (Å²) in [4.78, 5) is 10.9. The van der Waals surface area contributed by atoms with E-state index in [1.54, 1.807) is 0 Å². The Morgan fingerprint density at radius 3 is 2.63 bits per heavy atom. The fraction of sp³-hybridized carbons (Fsp3) is 0.333. The highest BCUT2D eigenvalue weighted by molar-refractivity contribution is 5.43. The van der Waals surface area contributed by atoms with Crippen molar-refractivity contribution in [3.8, 4) is 0 Å². The van der Waals surface area contributed by atoms with Crippen molar-refractivity contribution in [2.75, 3.05) is 18.5 Å². The first-order chi connectivity index (χ1) is 9.16. The second-order valence-electron chi connectivity index (χ2n) is 4.72. The van der Waals surface area contributed by atoms with E-state index in [0.29, 0.717) is 0 Å². The predicted octanol–water partition coefficient (Wildman–Crippen LogP) is 2.18. The summed E-state index contributed by atoms with van der Waals surface area (Å²) >= 11 is 0. The SMILES string of the molecule is C[C@@H](N)c1ccc(N(C)CCc2ccccn2)cn1. The monoisotopic (exact) mass is 256 g/mol. The third-order valence-electron chi connectivity index (χ3n) is 3.11. The topological polar surface area (TPSA) is 55.0 Å². The van der Waals surface area contributed by atoms with Crippen LogP contribution in [0.2, 0.25) is 0 Å². The van der Waals surface area contributed by atoms with Crippen LogP contribution < -0.4 is 10.6 Å². The largest absolute Gasteiger partial charge is 0.373 e. The maximum absolute atomic E-state index is 5.79. The minimum atomic E-state index is -0.0205. The molecule has 1 atom stereocenters. The number of pyridine rings is 2. The molecular weight excluding hydrogens is 236 g/mol. The summed E-state index contributed by atoms with van der Waals surface area (Å²) in [7, 11) is 2.06. The Morgan fingerprint density at radius 1 is 1.21 bits per heavy atom. The van der Waals surface area contributed by atoms with Gasteiger partial charge in [0.05, 0.1) is 17.6 Å². The molecule has 0 saturated heterocycles. The molecule has 19 heavy (non-hydrogen) atoms. The molecule has 0 aliphatic heterocycles. The van der Waals surface area contributed by atoms with Gasteiger partial charge in [0.15, 0.2) is 0 Å². The average Bonchev–Trinajstić information content (AvgIpc) is 2.46. The van der Waals surface area contributed by atoms with E-state index in [1.165, 1.54) is 0 Å². The molecule has 2 aromatic rings. The third kappa shape index (κ3) is 3.76. The first-order valence-electron chi connectivity index (χ1n) is 6.49. The van der Waals surface area contributed by atoms with Gasteiger partial charge < -0.3 is 10.6 Å². The summed E-state index contributed by atoms with van der Waals surface area (Å²) in [6, 6.07) is 10.0. The number of hydrogen-bond donors (Lipinski definition) is 1. The Kier molecular flexibility index (Phi) is 4.47. The van der Waals surface area contributed by atoms with E-state index in [0.717, 1.165) is 30.0 Å². The molecule has 2 heterocycles. The lowest BCUT2D eigenvalue weighted by molar-refractivity contribution is 0.777. The molecule has 100 valence electrons. The number of anilines is 1. The van der Waals surface area contributed by atoms with E-state index >= 15 is 0 Å². The minimum Gasteiger partial charge on any atom is -0.373 e. The Balaban J connectivity index is 1.94. The van der Waals surface area contributed by atoms with Crippen LogP contribution in [0.15, 0.2) is 42.7 Å². The van der Waals surface area contributed by atoms with Crippen LogP contribution in [0, 0.1) is 0 Å². The van der Waals surface area contributed by atoms with Gasteiger partial charge in [-0.25, -0.2) is 0 Å². The number of hydrogen-bond acceptors (Lipinski definition) is 4. The van der Waals surface area contributed by atoms with Crippen LogP contribution in [0.4, 0.5) is 5.69 Å². The Morgan fingerprint density at radius 2 is 2.05 bits per heavy atom. The number of nitrogens with two attached hydrogens (primary N) is 1. The molecule has 0 aliphatic rings. The van der Waals surface area contributed by atoms with Crippen molar-refractivity contribution >= 4 is 5.69 Å². The van der Waals surface area contributed by atoms with E-state index in [1.807, 2.05) is 43.6 Å². The van der Waals surface area contributed by atoms with E-state index in [4.69, 9.17) is 5.73 Å². The maximum atomic E-state index is 5.79. The van der Waals surface area contributed by atoms with Crippen LogP contribution in [-0.2, 0) is 6.42 Å². The summed E-state index contributed by atoms with van der Waals surface area (Å²) in [6.45, 7) is 2.85. The molecule has 4 heteroatoms. The summed E-state index contributed by atoms with van der Waals surface area (Å²) < 4.78 is 0. The summed E-state index contributed by atoms with van der Waals surface area (Å²) in [5.74, 6) is 0. The molecule has 2 N–H and O–H groups in total. The molecule has 0 bridgehead atoms. The van der Waals surface area contributed by atoms with Crippen LogP contribution in [0.5, 0.6) is 0 Å². The average molecular weight is 256 g/mol. The van der Waals surface area contributed by atoms with Crippen molar-refractivity contribution < 1.29 is 0 Å². The molecule has 4 nitrogen and oxygen atoms in total. The first-order valence-corrected chi connectivity index (χ1v) is 6.49. The van der Waals surface area contributed by atoms with Crippen molar-refractivity contribution in [2.24, 2.45) is 5.73 Å². The van der Waals surface area contributed by atoms with E-state index < -0.39 is 0 Å². The maximum Gasteiger partial charge on any atom is 0.0569 e. The Bertz CT molecular complexity index is 493. The Labute approximate surface area is 114 Å². The first kappa shape index (κ1) is 13.5. The lowest BCUT2D eigenvalue weighted by atomic mass is 10.2. The quantitative estimate of drug-likeness (QED) is 0.891. The van der Waals surface area contributed by atoms with Gasteiger partial charge in [0.25, 0.3) is 0 Å². The molecule has 0 fully saturated rings. The van der Waals surface area contributed by atoms with Crippen molar-refractivity contribution in [3.05, 3.63) is 54.1 Å². The van der Waals surface area contributed by atoms with Gasteiger partial charge in [0, 0.05) is 37.9 Å². The van der Waals surface area contributed by atoms with Crippen LogP contribution in [0.25, 0.3) is 0 Å². The number of nitrogens with zero attached hydrogens (tertiary/aromatic N) is 3. The highest BCUT2D eigenvalue weighted by Gasteiger charge is 2.04. The van der Waals surface area contributed by atoms with Crippen LogP contribution in [0.1, 0.15) is 24.4 Å². The molecule has 2 aromatic heterocycles. The minimum absolute atomic E-state index is 0.0205. The molecule has 0 unspecified atom stereocenters. The highest BCUT2D eigenvalue weighted by atomic mass is 15.1. The van der Waals surface area contributed by atoms with Crippen LogP contribution in [-0.4, -0.2) is 23.6 Å². The molecule has 0 amide bonds. The second kappa shape index (κ2) is 6.29. The van der Waals surface area contributed by atoms with E-state index in [2.05, 4.69) is 28.0 Å². The van der Waals surface area contributed by atoms with Gasteiger partial charge in [-0.05, 0) is 31.2 Å². The van der Waals surface area contributed by atoms with Crippen molar-refractivity contribution in [3.63, 3.8) is 0 Å². The van der Waals surface area contributed by atoms with Crippen molar-refractivity contribution in [1.82, 2.24) is 9.97 Å². The lowest BCUT2D eigenvalue weighted by Crippen LogP contribution is -2.21. The van der Waals surface area contributed by atoms with Gasteiger partial charge in [0.2, 0.25) is 0 Å². The van der Waals surface area contributed by atoms with E-state index in [9.17, 15) is 0 Å². The third-order valence-corrected chi connectivity index (χ3v) is 3.11. The summed E-state index contributed by atoms with van der Waals surface area (Å²) in [5, 5.41) is 0. The highest BCUT2D eigenvalue weighted by Crippen LogP contribution is 2.14. The van der Waals surface area contributed by atoms with Gasteiger partial charge >= 0.3 is 0 Å². The smallest absolute Gasteiger partial charge is 0.0569 e. The van der Waals surface area contributed by atoms with Gasteiger partial charge in [-0.3, -0.25) is 9.97 Å². The zero-order chi connectivity index (χ0) is 13.7. The molecule has 2 rings (SSSR count). The molecule has 0 spiro atoms. The number of rotatable bonds is 5. The van der Waals surface area contributed by atoms with Crippen molar-refractivity contribution in [1.29, 1.82) is 0 Å². The molecule has 0 aromatic carbocycles. The fourth-order valence-electron chi connectivity index (χ4n) is 1.85. The van der Waals surface area contributed by atoms with Gasteiger partial charge in [-0.1, -0.05) is 6.07 Å². The summed E-state index contributed by atoms with van der Waals surface area (Å²) in [5.41, 5.74) is 8.91. The molecule has 0 aliphatic carbocycles. The molecule has 0 saturated carbocycles. The van der Waals surface area contributed by atoms with Crippen LogP contribution >= 0.6 is 0 Å². The van der Waals surface area contributed by atoms with Crippen LogP contribution in [0.3, 0.4) is 0 Å². The van der Waals surface area contributed by atoms with Gasteiger partial charge in [0.1, 0.15) is 0 Å². The van der Waals surface area contributed by atoms with Gasteiger partial charge in [-0.15, -0.1) is 0 Å². The standard InChI is InChI=1S/C15H20N4/c1-12(16)15-7-6-14(11-18-15)19(2)10-8-13-5-3-4-9-17-13/h3-7,9,11-12H,8,10,16H2,1-2H3/t12-/m1/s1. The number of likely N-dealkylation sites (N-methyl/N-ethyl adjacent to an activating group) is 1. The fourth-order valence-corrected chi connectivity index (χ4v) is 1.85. The molecule has 0 radical (unpaired) electrons. The zero-order valence-electron chi connectivity index (χ0n) is 11.5. The van der Waals surface area contributed by atoms with Crippen molar-refractivity contribution in [2.45, 2.75) is 19.4 Å². The zero-order valence-corrected chi connectivity index (χ0v) is 11.5. The Hall–Kier alpha value is -1.94. The second-order valence-corrected chi connectivity index (χ2v) is 4.72.